The van der Waals surface area contributed by atoms with Crippen molar-refractivity contribution in [2.24, 2.45) is 0 Å². The second kappa shape index (κ2) is 5.00. The Morgan fingerprint density at radius 2 is 2.10 bits per heavy atom. The van der Waals surface area contributed by atoms with Gasteiger partial charge in [-0.15, -0.1) is 0 Å². The van der Waals surface area contributed by atoms with Crippen LogP contribution in [0.15, 0.2) is 43.0 Å². The van der Waals surface area contributed by atoms with Gasteiger partial charge in [-0.05, 0) is 17.5 Å². The van der Waals surface area contributed by atoms with Crippen LogP contribution in [0, 0.1) is 0 Å². The number of hydrogen-bond donors (Lipinski definition) is 2. The molecule has 0 atom stereocenters. The van der Waals surface area contributed by atoms with Crippen molar-refractivity contribution in [1.82, 2.24) is 15.0 Å². The molecule has 0 saturated heterocycles. The molecule has 3 N–H and O–H groups in total. The van der Waals surface area contributed by atoms with Gasteiger partial charge < -0.3 is 15.8 Å². The Morgan fingerprint density at radius 1 is 1.20 bits per heavy atom. The van der Waals surface area contributed by atoms with Gasteiger partial charge in [-0.3, -0.25) is 4.98 Å². The minimum atomic E-state index is 0.348. The van der Waals surface area contributed by atoms with Gasteiger partial charge in [0.25, 0.3) is 0 Å². The third kappa shape index (κ3) is 2.07. The average Bonchev–Trinajstić information content (AvgIpc) is 2.50. The summed E-state index contributed by atoms with van der Waals surface area (Å²) in [6.07, 6.45) is 4.96. The number of ether oxygens (including phenoxy) is 1. The predicted octanol–water partition coefficient (Wildman–Crippen LogP) is 2.36. The maximum Gasteiger partial charge on any atom is 0.242 e. The van der Waals surface area contributed by atoms with Gasteiger partial charge in [0.15, 0.2) is 5.82 Å². The molecule has 0 unspecified atom stereocenters. The molecule has 3 rings (SSSR count). The number of nitrogens with one attached hydrogen (secondary N) is 1. The van der Waals surface area contributed by atoms with Crippen LogP contribution in [-0.4, -0.2) is 22.1 Å². The van der Waals surface area contributed by atoms with Gasteiger partial charge in [0.05, 0.1) is 7.11 Å². The van der Waals surface area contributed by atoms with E-state index in [1.54, 1.807) is 12.4 Å². The maximum absolute atomic E-state index is 5.96. The molecule has 0 fully saturated rings. The van der Waals surface area contributed by atoms with Gasteiger partial charge in [0.1, 0.15) is 12.0 Å². The number of nitrogens with zero attached hydrogens (tertiary/aromatic N) is 3. The molecular weight excluding hydrogens is 254 g/mol. The zero-order valence-corrected chi connectivity index (χ0v) is 10.9. The standard InChI is InChI=1S/C14H13N5O/c1-20-14-12(15)13(17-8-18-14)19-11-4-2-3-9-5-6-16-7-10(9)11/h2-8H,15H2,1H3,(H,17,18,19). The number of nitrogen functional groups attached to an aromatic ring is 1. The highest BCUT2D eigenvalue weighted by atomic mass is 16.5. The zero-order valence-electron chi connectivity index (χ0n) is 10.9. The smallest absolute Gasteiger partial charge is 0.242 e. The van der Waals surface area contributed by atoms with Crippen LogP contribution >= 0.6 is 0 Å². The van der Waals surface area contributed by atoms with Crippen LogP contribution in [0.5, 0.6) is 5.88 Å². The van der Waals surface area contributed by atoms with Gasteiger partial charge >= 0.3 is 0 Å². The highest BCUT2D eigenvalue weighted by molar-refractivity contribution is 5.95. The van der Waals surface area contributed by atoms with E-state index < -0.39 is 0 Å². The van der Waals surface area contributed by atoms with E-state index in [1.807, 2.05) is 24.3 Å². The van der Waals surface area contributed by atoms with E-state index in [4.69, 9.17) is 10.5 Å². The molecule has 0 aliphatic carbocycles. The topological polar surface area (TPSA) is 86.0 Å². The van der Waals surface area contributed by atoms with Gasteiger partial charge in [-0.2, -0.15) is 4.98 Å². The lowest BCUT2D eigenvalue weighted by atomic mass is 10.1. The Morgan fingerprint density at radius 3 is 2.95 bits per heavy atom. The molecule has 2 heterocycles. The Bertz CT molecular complexity index is 754. The van der Waals surface area contributed by atoms with Crippen molar-refractivity contribution in [3.63, 3.8) is 0 Å². The van der Waals surface area contributed by atoms with Crippen molar-refractivity contribution in [2.45, 2.75) is 0 Å². The molecule has 2 aromatic heterocycles. The molecule has 0 spiro atoms. The number of methoxy groups -OCH3 is 1. The summed E-state index contributed by atoms with van der Waals surface area (Å²) in [6.45, 7) is 0. The number of benzene rings is 1. The van der Waals surface area contributed by atoms with E-state index >= 15 is 0 Å². The first-order valence-corrected chi connectivity index (χ1v) is 6.04. The minimum Gasteiger partial charge on any atom is -0.479 e. The van der Waals surface area contributed by atoms with E-state index in [0.717, 1.165) is 16.5 Å². The van der Waals surface area contributed by atoms with Crippen LogP contribution in [0.2, 0.25) is 0 Å². The largest absolute Gasteiger partial charge is 0.479 e. The molecule has 1 aromatic carbocycles. The van der Waals surface area contributed by atoms with Gasteiger partial charge in [-0.25, -0.2) is 4.98 Å². The van der Waals surface area contributed by atoms with Gasteiger partial charge in [0, 0.05) is 23.5 Å². The van der Waals surface area contributed by atoms with E-state index in [9.17, 15) is 0 Å². The SMILES string of the molecule is COc1ncnc(Nc2cccc3ccncc23)c1N. The lowest BCUT2D eigenvalue weighted by molar-refractivity contribution is 0.399. The first-order chi connectivity index (χ1) is 9.79. The second-order valence-electron chi connectivity index (χ2n) is 4.17. The van der Waals surface area contributed by atoms with Crippen LogP contribution in [0.3, 0.4) is 0 Å². The Labute approximate surface area is 115 Å². The summed E-state index contributed by atoms with van der Waals surface area (Å²) in [5.41, 5.74) is 7.21. The number of rotatable bonds is 3. The van der Waals surface area contributed by atoms with Crippen molar-refractivity contribution in [1.29, 1.82) is 0 Å². The van der Waals surface area contributed by atoms with Crippen molar-refractivity contribution >= 4 is 28.0 Å². The monoisotopic (exact) mass is 267 g/mol. The normalized spacial score (nSPS) is 10.4. The number of pyridine rings is 1. The lowest BCUT2D eigenvalue weighted by Crippen LogP contribution is -2.03. The van der Waals surface area contributed by atoms with Crippen LogP contribution in [0.1, 0.15) is 0 Å². The van der Waals surface area contributed by atoms with Crippen LogP contribution in [0.25, 0.3) is 10.8 Å². The quantitative estimate of drug-likeness (QED) is 0.757. The summed E-state index contributed by atoms with van der Waals surface area (Å²) in [5, 5.41) is 5.27. The first kappa shape index (κ1) is 12.2. The number of anilines is 3. The summed E-state index contributed by atoms with van der Waals surface area (Å²) < 4.78 is 5.08. The van der Waals surface area contributed by atoms with Crippen LogP contribution in [0.4, 0.5) is 17.2 Å². The molecule has 3 aromatic rings. The fourth-order valence-electron chi connectivity index (χ4n) is 1.99. The van der Waals surface area contributed by atoms with E-state index in [2.05, 4.69) is 20.3 Å². The van der Waals surface area contributed by atoms with Crippen LogP contribution < -0.4 is 15.8 Å². The molecule has 0 radical (unpaired) electrons. The summed E-state index contributed by atoms with van der Waals surface area (Å²) in [7, 11) is 1.52. The molecule has 0 saturated carbocycles. The minimum absolute atomic E-state index is 0.348. The third-order valence-corrected chi connectivity index (χ3v) is 2.98. The number of fused-ring (bicyclic) bond motifs is 1. The molecule has 6 nitrogen and oxygen atoms in total. The predicted molar refractivity (Wildman–Crippen MR) is 78.0 cm³/mol. The lowest BCUT2D eigenvalue weighted by Gasteiger charge is -2.11. The molecule has 100 valence electrons. The fraction of sp³-hybridized carbons (Fsp3) is 0.0714. The van der Waals surface area contributed by atoms with E-state index in [0.29, 0.717) is 17.4 Å². The summed E-state index contributed by atoms with van der Waals surface area (Å²) in [4.78, 5) is 12.2. The average molecular weight is 267 g/mol. The molecule has 6 heteroatoms. The molecule has 0 aliphatic heterocycles. The van der Waals surface area contributed by atoms with Crippen molar-refractivity contribution in [3.8, 4) is 5.88 Å². The summed E-state index contributed by atoms with van der Waals surface area (Å²) >= 11 is 0. The van der Waals surface area contributed by atoms with E-state index in [-0.39, 0.29) is 0 Å². The highest BCUT2D eigenvalue weighted by Crippen LogP contribution is 2.30. The first-order valence-electron chi connectivity index (χ1n) is 6.04. The number of aromatic nitrogens is 3. The number of nitrogens with two attached hydrogens (primary N) is 1. The van der Waals surface area contributed by atoms with Gasteiger partial charge in [0.2, 0.25) is 5.88 Å². The Kier molecular flexibility index (Phi) is 3.04. The molecule has 0 aliphatic rings. The Balaban J connectivity index is 2.06. The second-order valence-corrected chi connectivity index (χ2v) is 4.17. The summed E-state index contributed by atoms with van der Waals surface area (Å²) in [5.74, 6) is 0.856. The van der Waals surface area contributed by atoms with Gasteiger partial charge in [-0.1, -0.05) is 12.1 Å². The maximum atomic E-state index is 5.96. The molecule has 0 bridgehead atoms. The molecule has 20 heavy (non-hydrogen) atoms. The molecule has 0 amide bonds. The summed E-state index contributed by atoms with van der Waals surface area (Å²) in [6, 6.07) is 7.87. The fourth-order valence-corrected chi connectivity index (χ4v) is 1.99. The highest BCUT2D eigenvalue weighted by Gasteiger charge is 2.09. The Hall–Kier alpha value is -2.89. The zero-order chi connectivity index (χ0) is 13.9. The van der Waals surface area contributed by atoms with Crippen molar-refractivity contribution in [2.75, 3.05) is 18.2 Å². The van der Waals surface area contributed by atoms with Crippen molar-refractivity contribution in [3.05, 3.63) is 43.0 Å². The van der Waals surface area contributed by atoms with Crippen molar-refractivity contribution < 1.29 is 4.74 Å². The number of hydrogen-bond acceptors (Lipinski definition) is 6. The molecular formula is C14H13N5O. The van der Waals surface area contributed by atoms with Crippen LogP contribution in [-0.2, 0) is 0 Å². The third-order valence-electron chi connectivity index (χ3n) is 2.98. The van der Waals surface area contributed by atoms with E-state index in [1.165, 1.54) is 13.4 Å².